The highest BCUT2D eigenvalue weighted by Crippen LogP contribution is 2.07. The van der Waals surface area contributed by atoms with Gasteiger partial charge in [-0.3, -0.25) is 4.79 Å². The van der Waals surface area contributed by atoms with Gasteiger partial charge in [-0.2, -0.15) is 0 Å². The lowest BCUT2D eigenvalue weighted by molar-refractivity contribution is 0.0942. The van der Waals surface area contributed by atoms with Crippen LogP contribution in [0.1, 0.15) is 29.8 Å². The molecule has 0 aliphatic heterocycles. The van der Waals surface area contributed by atoms with Crippen molar-refractivity contribution >= 4 is 11.9 Å². The van der Waals surface area contributed by atoms with Gasteiger partial charge < -0.3 is 10.6 Å². The lowest BCUT2D eigenvalue weighted by atomic mass is 10.1. The molecule has 0 unspecified atom stereocenters. The van der Waals surface area contributed by atoms with E-state index in [0.29, 0.717) is 30.0 Å². The number of rotatable bonds is 6. The number of anilines is 1. The lowest BCUT2D eigenvalue weighted by Gasteiger charge is -2.08. The Hall–Kier alpha value is -2.50. The number of hydrogen-bond donors (Lipinski definition) is 2. The average Bonchev–Trinajstić information content (AvgIpc) is 2.49. The van der Waals surface area contributed by atoms with E-state index in [1.165, 1.54) is 18.5 Å². The van der Waals surface area contributed by atoms with Crippen molar-refractivity contribution in [3.8, 4) is 0 Å². The maximum Gasteiger partial charge on any atom is 0.254 e. The summed E-state index contributed by atoms with van der Waals surface area (Å²) >= 11 is 0. The molecular formula is C16H19FN4O. The van der Waals surface area contributed by atoms with Crippen LogP contribution in [0.15, 0.2) is 36.7 Å². The Bertz CT molecular complexity index is 628. The van der Waals surface area contributed by atoms with Crippen LogP contribution in [-0.2, 0) is 6.42 Å². The van der Waals surface area contributed by atoms with E-state index in [1.54, 1.807) is 18.2 Å². The number of aromatic nitrogens is 2. The highest BCUT2D eigenvalue weighted by atomic mass is 19.1. The van der Waals surface area contributed by atoms with E-state index in [9.17, 15) is 9.18 Å². The van der Waals surface area contributed by atoms with Gasteiger partial charge in [0, 0.05) is 25.0 Å². The van der Waals surface area contributed by atoms with Gasteiger partial charge in [-0.05, 0) is 31.9 Å². The number of nitrogens with one attached hydrogen (secondary N) is 2. The zero-order valence-electron chi connectivity index (χ0n) is 12.6. The van der Waals surface area contributed by atoms with Gasteiger partial charge in [0.1, 0.15) is 5.82 Å². The van der Waals surface area contributed by atoms with Crippen LogP contribution in [0, 0.1) is 5.82 Å². The summed E-state index contributed by atoms with van der Waals surface area (Å²) in [5.74, 6) is -0.00346. The third kappa shape index (κ3) is 4.51. The number of carbonyl (C=O) groups is 1. The van der Waals surface area contributed by atoms with E-state index in [4.69, 9.17) is 0 Å². The SMILES string of the molecule is CC(C)NC(=O)c1cnc(NCCc2ccccc2F)nc1. The third-order valence-electron chi connectivity index (χ3n) is 2.97. The van der Waals surface area contributed by atoms with Crippen LogP contribution in [-0.4, -0.2) is 28.5 Å². The highest BCUT2D eigenvalue weighted by Gasteiger charge is 2.08. The van der Waals surface area contributed by atoms with Crippen LogP contribution in [0.2, 0.25) is 0 Å². The van der Waals surface area contributed by atoms with E-state index in [1.807, 2.05) is 13.8 Å². The molecule has 0 spiro atoms. The second-order valence-electron chi connectivity index (χ2n) is 5.19. The largest absolute Gasteiger partial charge is 0.354 e. The third-order valence-corrected chi connectivity index (χ3v) is 2.97. The summed E-state index contributed by atoms with van der Waals surface area (Å²) in [7, 11) is 0. The van der Waals surface area contributed by atoms with Gasteiger partial charge >= 0.3 is 0 Å². The van der Waals surface area contributed by atoms with Crippen molar-refractivity contribution in [2.45, 2.75) is 26.3 Å². The van der Waals surface area contributed by atoms with Gasteiger partial charge in [-0.1, -0.05) is 18.2 Å². The Morgan fingerprint density at radius 3 is 2.55 bits per heavy atom. The van der Waals surface area contributed by atoms with Gasteiger partial charge in [0.05, 0.1) is 5.56 Å². The van der Waals surface area contributed by atoms with Gasteiger partial charge in [0.2, 0.25) is 5.95 Å². The monoisotopic (exact) mass is 302 g/mol. The zero-order chi connectivity index (χ0) is 15.9. The first-order valence-corrected chi connectivity index (χ1v) is 7.16. The predicted octanol–water partition coefficient (Wildman–Crippen LogP) is 2.41. The maximum absolute atomic E-state index is 13.5. The summed E-state index contributed by atoms with van der Waals surface area (Å²) < 4.78 is 13.5. The molecule has 1 amide bonds. The van der Waals surface area contributed by atoms with Crippen LogP contribution in [0.3, 0.4) is 0 Å². The van der Waals surface area contributed by atoms with Crippen molar-refractivity contribution < 1.29 is 9.18 Å². The first-order chi connectivity index (χ1) is 10.6. The van der Waals surface area contributed by atoms with Crippen molar-refractivity contribution in [3.05, 3.63) is 53.6 Å². The molecule has 116 valence electrons. The Morgan fingerprint density at radius 1 is 1.23 bits per heavy atom. The molecule has 0 aliphatic rings. The van der Waals surface area contributed by atoms with Gasteiger partial charge in [0.25, 0.3) is 5.91 Å². The molecular weight excluding hydrogens is 283 g/mol. The molecule has 1 heterocycles. The fraction of sp³-hybridized carbons (Fsp3) is 0.312. The topological polar surface area (TPSA) is 66.9 Å². The van der Waals surface area contributed by atoms with Crippen molar-refractivity contribution in [2.24, 2.45) is 0 Å². The summed E-state index contributed by atoms with van der Waals surface area (Å²) in [5, 5.41) is 5.78. The highest BCUT2D eigenvalue weighted by molar-refractivity contribution is 5.93. The second-order valence-corrected chi connectivity index (χ2v) is 5.19. The normalized spacial score (nSPS) is 10.5. The molecule has 1 aromatic heterocycles. The van der Waals surface area contributed by atoms with E-state index in [0.717, 1.165) is 0 Å². The standard InChI is InChI=1S/C16H19FN4O/c1-11(2)21-15(22)13-9-19-16(20-10-13)18-8-7-12-5-3-4-6-14(12)17/h3-6,9-11H,7-8H2,1-2H3,(H,21,22)(H,18,19,20). The quantitative estimate of drug-likeness (QED) is 0.860. The molecule has 1 aromatic carbocycles. The Labute approximate surface area is 129 Å². The van der Waals surface area contributed by atoms with Gasteiger partial charge in [-0.25, -0.2) is 14.4 Å². The molecule has 6 heteroatoms. The molecule has 2 N–H and O–H groups in total. The fourth-order valence-corrected chi connectivity index (χ4v) is 1.89. The molecule has 0 fully saturated rings. The number of halogens is 1. The first-order valence-electron chi connectivity index (χ1n) is 7.16. The van der Waals surface area contributed by atoms with Crippen molar-refractivity contribution in [3.63, 3.8) is 0 Å². The summed E-state index contributed by atoms with van der Waals surface area (Å²) in [6, 6.07) is 6.71. The van der Waals surface area contributed by atoms with Crippen LogP contribution in [0.25, 0.3) is 0 Å². The van der Waals surface area contributed by atoms with Crippen molar-refractivity contribution in [2.75, 3.05) is 11.9 Å². The summed E-state index contributed by atoms with van der Waals surface area (Å²) in [6.45, 7) is 4.28. The van der Waals surface area contributed by atoms with E-state index >= 15 is 0 Å². The zero-order valence-corrected chi connectivity index (χ0v) is 12.6. The number of nitrogens with zero attached hydrogens (tertiary/aromatic N) is 2. The predicted molar refractivity (Wildman–Crippen MR) is 83.2 cm³/mol. The summed E-state index contributed by atoms with van der Waals surface area (Å²) in [4.78, 5) is 19.9. The van der Waals surface area contributed by atoms with E-state index < -0.39 is 0 Å². The van der Waals surface area contributed by atoms with Crippen molar-refractivity contribution in [1.82, 2.24) is 15.3 Å². The van der Waals surface area contributed by atoms with Gasteiger partial charge in [-0.15, -0.1) is 0 Å². The minimum absolute atomic E-state index is 0.0612. The molecule has 0 bridgehead atoms. The Morgan fingerprint density at radius 2 is 1.91 bits per heavy atom. The van der Waals surface area contributed by atoms with Crippen LogP contribution in [0.5, 0.6) is 0 Å². The smallest absolute Gasteiger partial charge is 0.254 e. The number of amides is 1. The molecule has 2 aromatic rings. The fourth-order valence-electron chi connectivity index (χ4n) is 1.89. The molecule has 0 atom stereocenters. The van der Waals surface area contributed by atoms with Crippen LogP contribution >= 0.6 is 0 Å². The molecule has 0 radical (unpaired) electrons. The lowest BCUT2D eigenvalue weighted by Crippen LogP contribution is -2.30. The molecule has 0 saturated heterocycles. The molecule has 2 rings (SSSR count). The molecule has 0 saturated carbocycles. The minimum atomic E-state index is -0.217. The van der Waals surface area contributed by atoms with Gasteiger partial charge in [0.15, 0.2) is 0 Å². The molecule has 22 heavy (non-hydrogen) atoms. The molecule has 5 nitrogen and oxygen atoms in total. The van der Waals surface area contributed by atoms with E-state index in [2.05, 4.69) is 20.6 Å². The summed E-state index contributed by atoms with van der Waals surface area (Å²) in [5.41, 5.74) is 1.05. The van der Waals surface area contributed by atoms with Crippen molar-refractivity contribution in [1.29, 1.82) is 0 Å². The van der Waals surface area contributed by atoms with Crippen LogP contribution < -0.4 is 10.6 Å². The molecule has 0 aliphatic carbocycles. The maximum atomic E-state index is 13.5. The van der Waals surface area contributed by atoms with Crippen LogP contribution in [0.4, 0.5) is 10.3 Å². The second kappa shape index (κ2) is 7.49. The van der Waals surface area contributed by atoms with E-state index in [-0.39, 0.29) is 17.8 Å². The first kappa shape index (κ1) is 15.9. The Kier molecular flexibility index (Phi) is 5.41. The average molecular weight is 302 g/mol. The minimum Gasteiger partial charge on any atom is -0.354 e. The number of carbonyl (C=O) groups excluding carboxylic acids is 1. The summed E-state index contributed by atoms with van der Waals surface area (Å²) in [6.07, 6.45) is 3.47. The number of benzene rings is 1. The number of hydrogen-bond acceptors (Lipinski definition) is 4. The Balaban J connectivity index is 1.87.